The molecule has 0 fully saturated rings. The zero-order chi connectivity index (χ0) is 28.4. The Morgan fingerprint density at radius 3 is 2.19 bits per heavy atom. The van der Waals surface area contributed by atoms with Gasteiger partial charge in [0.2, 0.25) is 0 Å². The van der Waals surface area contributed by atoms with Crippen LogP contribution in [0.1, 0.15) is 44.4 Å². The molecule has 4 nitrogen and oxygen atoms in total. The van der Waals surface area contributed by atoms with Crippen LogP contribution in [0.3, 0.4) is 0 Å². The molecule has 37 heavy (non-hydrogen) atoms. The standard InChI is InChI=1S/C19H23F3O3.C8H11N.C3H4/c1-6-15(12(2)9-13(3)19(20,21)22)16-10-14(11-18(23)25-5)7-8-17(16)24-4;1-9-7-8-5-3-2-4-6-8;1-3-2/h6-10,13H,11H2,1-5H3;2-6,9H,7H2,1H3;1H,2H3/b12-9-,15-6+;;. The SMILES string of the molecule is C#CC.C/C=C(\C(C)=C/C(C)C(F)(F)F)c1cc(CC(=O)OC)ccc1OC.CNCc1ccccc1. The number of esters is 1. The zero-order valence-corrected chi connectivity index (χ0v) is 22.7. The van der Waals surface area contributed by atoms with Crippen LogP contribution in [-0.2, 0) is 22.5 Å². The fourth-order valence-corrected chi connectivity index (χ4v) is 3.27. The average molecular weight is 518 g/mol. The van der Waals surface area contributed by atoms with Crippen molar-refractivity contribution in [3.05, 3.63) is 82.9 Å². The summed E-state index contributed by atoms with van der Waals surface area (Å²) in [6.07, 6.45) is 3.29. The molecule has 0 radical (unpaired) electrons. The van der Waals surface area contributed by atoms with Gasteiger partial charge < -0.3 is 14.8 Å². The van der Waals surface area contributed by atoms with Crippen molar-refractivity contribution in [2.45, 2.75) is 46.8 Å². The first-order valence-electron chi connectivity index (χ1n) is 11.7. The van der Waals surface area contributed by atoms with Crippen LogP contribution >= 0.6 is 0 Å². The smallest absolute Gasteiger partial charge is 0.394 e. The highest BCUT2D eigenvalue weighted by atomic mass is 19.4. The highest BCUT2D eigenvalue weighted by molar-refractivity contribution is 5.82. The van der Waals surface area contributed by atoms with Gasteiger partial charge in [0.1, 0.15) is 5.75 Å². The molecular weight excluding hydrogens is 479 g/mol. The molecule has 2 aromatic rings. The summed E-state index contributed by atoms with van der Waals surface area (Å²) in [7, 11) is 4.74. The number of terminal acetylenes is 1. The van der Waals surface area contributed by atoms with E-state index in [4.69, 9.17) is 4.74 Å². The Morgan fingerprint density at radius 2 is 1.73 bits per heavy atom. The third-order valence-electron chi connectivity index (χ3n) is 5.08. The van der Waals surface area contributed by atoms with E-state index in [9.17, 15) is 18.0 Å². The summed E-state index contributed by atoms with van der Waals surface area (Å²) in [4.78, 5) is 11.5. The number of hydrogen-bond acceptors (Lipinski definition) is 4. The highest BCUT2D eigenvalue weighted by Gasteiger charge is 2.34. The van der Waals surface area contributed by atoms with Crippen LogP contribution < -0.4 is 10.1 Å². The molecule has 0 aliphatic carbocycles. The number of hydrogen-bond donors (Lipinski definition) is 1. The second-order valence-electron chi connectivity index (χ2n) is 7.97. The van der Waals surface area contributed by atoms with Crippen LogP contribution in [0.2, 0.25) is 0 Å². The molecule has 0 spiro atoms. The molecular formula is C30H38F3NO3. The zero-order valence-electron chi connectivity index (χ0n) is 22.7. The number of nitrogens with one attached hydrogen (secondary N) is 1. The van der Waals surface area contributed by atoms with E-state index < -0.39 is 18.1 Å². The first-order chi connectivity index (χ1) is 17.5. The number of methoxy groups -OCH3 is 2. The van der Waals surface area contributed by atoms with Crippen LogP contribution in [0.4, 0.5) is 13.2 Å². The molecule has 0 aliphatic heterocycles. The number of ether oxygens (including phenoxy) is 2. The van der Waals surface area contributed by atoms with Gasteiger partial charge in [0.05, 0.1) is 26.6 Å². The van der Waals surface area contributed by atoms with Gasteiger partial charge in [-0.05, 0) is 62.2 Å². The molecule has 0 saturated heterocycles. The molecule has 7 heteroatoms. The minimum atomic E-state index is -4.29. The van der Waals surface area contributed by atoms with Crippen molar-refractivity contribution in [3.63, 3.8) is 0 Å². The van der Waals surface area contributed by atoms with Gasteiger partial charge in [-0.1, -0.05) is 55.5 Å². The van der Waals surface area contributed by atoms with Gasteiger partial charge in [-0.3, -0.25) is 4.79 Å². The number of halogens is 3. The third kappa shape index (κ3) is 12.9. The second-order valence-corrected chi connectivity index (χ2v) is 7.97. The van der Waals surface area contributed by atoms with Crippen molar-refractivity contribution in [2.24, 2.45) is 5.92 Å². The van der Waals surface area contributed by atoms with E-state index in [1.807, 2.05) is 25.2 Å². The predicted octanol–water partition coefficient (Wildman–Crippen LogP) is 7.00. The molecule has 0 aliphatic rings. The Labute approximate surface area is 219 Å². The van der Waals surface area contributed by atoms with Crippen molar-refractivity contribution in [1.29, 1.82) is 0 Å². The summed E-state index contributed by atoms with van der Waals surface area (Å²) in [6, 6.07) is 15.5. The summed E-state index contributed by atoms with van der Waals surface area (Å²) in [5.41, 5.74) is 3.77. The van der Waals surface area contributed by atoms with E-state index in [1.54, 1.807) is 45.0 Å². The van der Waals surface area contributed by atoms with Gasteiger partial charge in [-0.25, -0.2) is 0 Å². The first-order valence-corrected chi connectivity index (χ1v) is 11.7. The summed E-state index contributed by atoms with van der Waals surface area (Å²) in [6.45, 7) is 7.10. The van der Waals surface area contributed by atoms with Crippen molar-refractivity contribution in [2.75, 3.05) is 21.3 Å². The third-order valence-corrected chi connectivity index (χ3v) is 5.08. The minimum Gasteiger partial charge on any atom is -0.496 e. The maximum atomic E-state index is 12.8. The Hall–Kier alpha value is -3.50. The molecule has 1 N–H and O–H groups in total. The van der Waals surface area contributed by atoms with Gasteiger partial charge in [-0.2, -0.15) is 13.2 Å². The van der Waals surface area contributed by atoms with Gasteiger partial charge in [0.15, 0.2) is 0 Å². The highest BCUT2D eigenvalue weighted by Crippen LogP contribution is 2.35. The van der Waals surface area contributed by atoms with E-state index in [0.717, 1.165) is 13.5 Å². The minimum absolute atomic E-state index is 0.0756. The lowest BCUT2D eigenvalue weighted by molar-refractivity contribution is -0.156. The van der Waals surface area contributed by atoms with Crippen molar-refractivity contribution in [1.82, 2.24) is 5.32 Å². The molecule has 1 unspecified atom stereocenters. The average Bonchev–Trinajstić information content (AvgIpc) is 2.86. The monoisotopic (exact) mass is 517 g/mol. The number of allylic oxidation sites excluding steroid dienone is 4. The number of benzene rings is 2. The summed E-state index contributed by atoms with van der Waals surface area (Å²) < 4.78 is 48.5. The summed E-state index contributed by atoms with van der Waals surface area (Å²) in [5, 5.41) is 3.08. The van der Waals surface area contributed by atoms with E-state index in [1.165, 1.54) is 25.9 Å². The number of alkyl halides is 3. The maximum Gasteiger partial charge on any atom is 0.394 e. The normalized spacial score (nSPS) is 12.1. The fraction of sp³-hybridized carbons (Fsp3) is 0.367. The fourth-order valence-electron chi connectivity index (χ4n) is 3.27. The van der Waals surface area contributed by atoms with Gasteiger partial charge in [0.25, 0.3) is 0 Å². The molecule has 0 aromatic heterocycles. The summed E-state index contributed by atoms with van der Waals surface area (Å²) >= 11 is 0. The van der Waals surface area contributed by atoms with Crippen LogP contribution in [0.15, 0.2) is 66.3 Å². The maximum absolute atomic E-state index is 12.8. The molecule has 202 valence electrons. The van der Waals surface area contributed by atoms with Crippen LogP contribution in [0, 0.1) is 18.3 Å². The predicted molar refractivity (Wildman–Crippen MR) is 145 cm³/mol. The van der Waals surface area contributed by atoms with Crippen LogP contribution in [0.5, 0.6) is 5.75 Å². The van der Waals surface area contributed by atoms with Gasteiger partial charge in [0, 0.05) is 12.1 Å². The molecule has 0 heterocycles. The molecule has 2 aromatic carbocycles. The van der Waals surface area contributed by atoms with E-state index in [0.29, 0.717) is 28.0 Å². The molecule has 0 amide bonds. The lowest BCUT2D eigenvalue weighted by Gasteiger charge is -2.17. The Kier molecular flexibility index (Phi) is 16.2. The largest absolute Gasteiger partial charge is 0.496 e. The quantitative estimate of drug-likeness (QED) is 0.233. The Bertz CT molecular complexity index is 1050. The van der Waals surface area contributed by atoms with E-state index >= 15 is 0 Å². The lowest BCUT2D eigenvalue weighted by Crippen LogP contribution is -2.18. The molecule has 0 bridgehead atoms. The van der Waals surface area contributed by atoms with Crippen LogP contribution in [0.25, 0.3) is 5.57 Å². The van der Waals surface area contributed by atoms with Gasteiger partial charge in [-0.15, -0.1) is 12.3 Å². The molecule has 2 rings (SSSR count). The Morgan fingerprint density at radius 1 is 1.14 bits per heavy atom. The first kappa shape index (κ1) is 33.5. The van der Waals surface area contributed by atoms with Crippen LogP contribution in [-0.4, -0.2) is 33.4 Å². The molecule has 0 saturated carbocycles. The van der Waals surface area contributed by atoms with Crippen molar-refractivity contribution < 1.29 is 27.4 Å². The van der Waals surface area contributed by atoms with Crippen molar-refractivity contribution in [3.8, 4) is 18.1 Å². The van der Waals surface area contributed by atoms with Gasteiger partial charge >= 0.3 is 12.1 Å². The summed E-state index contributed by atoms with van der Waals surface area (Å²) in [5.74, 6) is 0.817. The molecule has 1 atom stereocenters. The number of carbonyl (C=O) groups excluding carboxylic acids is 1. The topological polar surface area (TPSA) is 47.6 Å². The number of carbonyl (C=O) groups is 1. The number of rotatable bonds is 8. The lowest BCUT2D eigenvalue weighted by atomic mass is 9.93. The second kappa shape index (κ2) is 17.9. The van der Waals surface area contributed by atoms with E-state index in [-0.39, 0.29) is 6.42 Å². The van der Waals surface area contributed by atoms with E-state index in [2.05, 4.69) is 34.5 Å². The van der Waals surface area contributed by atoms with Crippen molar-refractivity contribution >= 4 is 11.5 Å². The Balaban J connectivity index is 0.000000887.